The molecule has 4 nitrogen and oxygen atoms in total. The molecule has 0 aliphatic carbocycles. The minimum absolute atomic E-state index is 0.103. The van der Waals surface area contributed by atoms with Crippen LogP contribution in [0, 0.1) is 0 Å². The Morgan fingerprint density at radius 1 is 1.38 bits per heavy atom. The van der Waals surface area contributed by atoms with Gasteiger partial charge in [0.2, 0.25) is 5.91 Å². The molecule has 1 aromatic carbocycles. The lowest BCUT2D eigenvalue weighted by atomic mass is 10.1. The van der Waals surface area contributed by atoms with Gasteiger partial charge in [0.25, 0.3) is 0 Å². The Bertz CT molecular complexity index is 419. The number of amides is 1. The number of nitrogens with zero attached hydrogens (tertiary/aromatic N) is 1. The molecular formula is C12H14N2O2. The van der Waals surface area contributed by atoms with Gasteiger partial charge in [-0.1, -0.05) is 18.2 Å². The number of hydrogen-bond acceptors (Lipinski definition) is 3. The standard InChI is InChI=1S/C12H14N2O2/c15-12-7-13-5-6-14(12)10-8-16-11-4-2-1-3-9(10)11/h1-4,10,13H,5-8H2. The first-order chi connectivity index (χ1) is 7.86. The van der Waals surface area contributed by atoms with Crippen LogP contribution >= 0.6 is 0 Å². The highest BCUT2D eigenvalue weighted by molar-refractivity contribution is 5.79. The fourth-order valence-electron chi connectivity index (χ4n) is 2.35. The first-order valence-corrected chi connectivity index (χ1v) is 5.58. The van der Waals surface area contributed by atoms with E-state index in [1.165, 1.54) is 0 Å². The predicted molar refractivity (Wildman–Crippen MR) is 59.3 cm³/mol. The molecule has 1 saturated heterocycles. The molecule has 1 fully saturated rings. The monoisotopic (exact) mass is 218 g/mol. The van der Waals surface area contributed by atoms with E-state index in [0.29, 0.717) is 13.2 Å². The zero-order valence-corrected chi connectivity index (χ0v) is 8.98. The van der Waals surface area contributed by atoms with Crippen LogP contribution in [0.2, 0.25) is 0 Å². The second-order valence-corrected chi connectivity index (χ2v) is 4.13. The Hall–Kier alpha value is -1.55. The molecule has 1 atom stereocenters. The zero-order chi connectivity index (χ0) is 11.0. The Kier molecular flexibility index (Phi) is 2.29. The van der Waals surface area contributed by atoms with Crippen molar-refractivity contribution in [1.82, 2.24) is 10.2 Å². The van der Waals surface area contributed by atoms with Gasteiger partial charge in [0.15, 0.2) is 0 Å². The SMILES string of the molecule is O=C1CNCCN1C1COc2ccccc21. The maximum absolute atomic E-state index is 11.8. The van der Waals surface area contributed by atoms with Gasteiger partial charge in [-0.25, -0.2) is 0 Å². The van der Waals surface area contributed by atoms with Crippen molar-refractivity contribution in [3.8, 4) is 5.75 Å². The molecular weight excluding hydrogens is 204 g/mol. The molecule has 1 unspecified atom stereocenters. The summed E-state index contributed by atoms with van der Waals surface area (Å²) in [5.41, 5.74) is 1.14. The molecule has 0 saturated carbocycles. The molecule has 1 amide bonds. The average Bonchev–Trinajstić information content (AvgIpc) is 2.74. The predicted octanol–water partition coefficient (Wildman–Crippen LogP) is 0.552. The first-order valence-electron chi connectivity index (χ1n) is 5.58. The Balaban J connectivity index is 1.89. The van der Waals surface area contributed by atoms with E-state index >= 15 is 0 Å². The van der Waals surface area contributed by atoms with Crippen molar-refractivity contribution in [2.45, 2.75) is 6.04 Å². The van der Waals surface area contributed by atoms with E-state index in [4.69, 9.17) is 4.74 Å². The number of carbonyl (C=O) groups excluding carboxylic acids is 1. The second kappa shape index (κ2) is 3.79. The number of piperazine rings is 1. The van der Waals surface area contributed by atoms with Gasteiger partial charge in [-0.15, -0.1) is 0 Å². The van der Waals surface area contributed by atoms with Gasteiger partial charge in [0, 0.05) is 18.7 Å². The summed E-state index contributed by atoms with van der Waals surface area (Å²) in [4.78, 5) is 13.7. The number of hydrogen-bond donors (Lipinski definition) is 1. The number of benzene rings is 1. The Morgan fingerprint density at radius 3 is 3.12 bits per heavy atom. The topological polar surface area (TPSA) is 41.6 Å². The van der Waals surface area contributed by atoms with E-state index in [-0.39, 0.29) is 11.9 Å². The zero-order valence-electron chi connectivity index (χ0n) is 8.98. The molecule has 2 aliphatic rings. The van der Waals surface area contributed by atoms with Crippen molar-refractivity contribution in [2.24, 2.45) is 0 Å². The Morgan fingerprint density at radius 2 is 2.25 bits per heavy atom. The second-order valence-electron chi connectivity index (χ2n) is 4.13. The third kappa shape index (κ3) is 1.46. The van der Waals surface area contributed by atoms with Gasteiger partial charge in [0.05, 0.1) is 12.6 Å². The molecule has 0 radical (unpaired) electrons. The van der Waals surface area contributed by atoms with Crippen LogP contribution < -0.4 is 10.1 Å². The maximum Gasteiger partial charge on any atom is 0.237 e. The summed E-state index contributed by atoms with van der Waals surface area (Å²) < 4.78 is 5.60. The normalized spacial score (nSPS) is 24.1. The summed E-state index contributed by atoms with van der Waals surface area (Å²) in [6.07, 6.45) is 0. The lowest BCUT2D eigenvalue weighted by Crippen LogP contribution is -2.49. The van der Waals surface area contributed by atoms with Crippen molar-refractivity contribution in [2.75, 3.05) is 26.2 Å². The molecule has 4 heteroatoms. The van der Waals surface area contributed by atoms with Crippen molar-refractivity contribution >= 4 is 5.91 Å². The lowest BCUT2D eigenvalue weighted by molar-refractivity contribution is -0.134. The third-order valence-electron chi connectivity index (χ3n) is 3.18. The summed E-state index contributed by atoms with van der Waals surface area (Å²) in [5, 5.41) is 3.08. The van der Waals surface area contributed by atoms with E-state index in [1.807, 2.05) is 29.2 Å². The van der Waals surface area contributed by atoms with Crippen molar-refractivity contribution in [3.63, 3.8) is 0 Å². The first kappa shape index (κ1) is 9.66. The van der Waals surface area contributed by atoms with E-state index in [0.717, 1.165) is 24.4 Å². The lowest BCUT2D eigenvalue weighted by Gasteiger charge is -2.32. The minimum atomic E-state index is 0.103. The molecule has 0 aromatic heterocycles. The van der Waals surface area contributed by atoms with Gasteiger partial charge in [-0.2, -0.15) is 0 Å². The summed E-state index contributed by atoms with van der Waals surface area (Å²) in [5.74, 6) is 1.08. The van der Waals surface area contributed by atoms with E-state index in [9.17, 15) is 4.79 Å². The maximum atomic E-state index is 11.8. The average molecular weight is 218 g/mol. The van der Waals surface area contributed by atoms with Crippen LogP contribution in [-0.2, 0) is 4.79 Å². The van der Waals surface area contributed by atoms with Crippen LogP contribution in [0.3, 0.4) is 0 Å². The van der Waals surface area contributed by atoms with Gasteiger partial charge < -0.3 is 15.0 Å². The molecule has 3 rings (SSSR count). The summed E-state index contributed by atoms with van der Waals surface area (Å²) >= 11 is 0. The number of ether oxygens (including phenoxy) is 1. The molecule has 0 bridgehead atoms. The minimum Gasteiger partial charge on any atom is -0.491 e. The van der Waals surface area contributed by atoms with Crippen molar-refractivity contribution in [1.29, 1.82) is 0 Å². The number of rotatable bonds is 1. The highest BCUT2D eigenvalue weighted by atomic mass is 16.5. The van der Waals surface area contributed by atoms with Crippen LogP contribution in [-0.4, -0.2) is 37.0 Å². The van der Waals surface area contributed by atoms with E-state index in [2.05, 4.69) is 5.32 Å². The summed E-state index contributed by atoms with van der Waals surface area (Å²) in [6, 6.07) is 8.06. The van der Waals surface area contributed by atoms with Gasteiger partial charge in [-0.05, 0) is 6.07 Å². The number of nitrogens with one attached hydrogen (secondary N) is 1. The quantitative estimate of drug-likeness (QED) is 0.748. The van der Waals surface area contributed by atoms with Gasteiger partial charge in [0.1, 0.15) is 12.4 Å². The van der Waals surface area contributed by atoms with Crippen LogP contribution in [0.1, 0.15) is 11.6 Å². The van der Waals surface area contributed by atoms with Gasteiger partial charge >= 0.3 is 0 Å². The fourth-order valence-corrected chi connectivity index (χ4v) is 2.35. The highest BCUT2D eigenvalue weighted by Gasteiger charge is 2.33. The van der Waals surface area contributed by atoms with Gasteiger partial charge in [-0.3, -0.25) is 4.79 Å². The Labute approximate surface area is 94.2 Å². The van der Waals surface area contributed by atoms with E-state index in [1.54, 1.807) is 0 Å². The number of para-hydroxylation sites is 1. The third-order valence-corrected chi connectivity index (χ3v) is 3.18. The largest absolute Gasteiger partial charge is 0.491 e. The van der Waals surface area contributed by atoms with Crippen LogP contribution in [0.15, 0.2) is 24.3 Å². The summed E-state index contributed by atoms with van der Waals surface area (Å²) in [6.45, 7) is 2.66. The molecule has 84 valence electrons. The highest BCUT2D eigenvalue weighted by Crippen LogP contribution is 2.35. The molecule has 2 aliphatic heterocycles. The smallest absolute Gasteiger partial charge is 0.237 e. The molecule has 16 heavy (non-hydrogen) atoms. The number of fused-ring (bicyclic) bond motifs is 1. The molecule has 1 aromatic rings. The molecule has 0 spiro atoms. The van der Waals surface area contributed by atoms with Crippen molar-refractivity contribution in [3.05, 3.63) is 29.8 Å². The van der Waals surface area contributed by atoms with Crippen molar-refractivity contribution < 1.29 is 9.53 Å². The summed E-state index contributed by atoms with van der Waals surface area (Å²) in [7, 11) is 0. The van der Waals surface area contributed by atoms with Crippen LogP contribution in [0.4, 0.5) is 0 Å². The number of carbonyl (C=O) groups is 1. The molecule has 1 N–H and O–H groups in total. The fraction of sp³-hybridized carbons (Fsp3) is 0.417. The van der Waals surface area contributed by atoms with E-state index < -0.39 is 0 Å². The van der Waals surface area contributed by atoms with Crippen LogP contribution in [0.5, 0.6) is 5.75 Å². The molecule has 2 heterocycles. The van der Waals surface area contributed by atoms with Crippen LogP contribution in [0.25, 0.3) is 0 Å².